The molecular formula is C27H35N7O2. The van der Waals surface area contributed by atoms with E-state index in [1.54, 1.807) is 7.11 Å². The van der Waals surface area contributed by atoms with Gasteiger partial charge in [-0.15, -0.1) is 0 Å². The van der Waals surface area contributed by atoms with E-state index in [0.29, 0.717) is 17.4 Å². The Morgan fingerprint density at radius 3 is 2.78 bits per heavy atom. The molecule has 36 heavy (non-hydrogen) atoms. The van der Waals surface area contributed by atoms with Gasteiger partial charge in [0, 0.05) is 50.0 Å². The van der Waals surface area contributed by atoms with E-state index >= 15 is 0 Å². The number of ether oxygens (including phenoxy) is 1. The number of hydrogen-bond donors (Lipinski definition) is 2. The number of amides is 1. The maximum Gasteiger partial charge on any atom is 0.247 e. The van der Waals surface area contributed by atoms with Crippen molar-refractivity contribution in [1.82, 2.24) is 19.9 Å². The number of anilines is 4. The highest BCUT2D eigenvalue weighted by Gasteiger charge is 2.28. The van der Waals surface area contributed by atoms with Crippen molar-refractivity contribution < 1.29 is 9.53 Å². The number of methoxy groups -OCH3 is 1. The number of nitrogens with zero attached hydrogens (tertiary/aromatic N) is 5. The van der Waals surface area contributed by atoms with Crippen molar-refractivity contribution in [3.8, 4) is 5.75 Å². The molecule has 0 bridgehead atoms. The van der Waals surface area contributed by atoms with Crippen LogP contribution in [0.5, 0.6) is 5.75 Å². The normalized spacial score (nSPS) is 15.2. The number of likely N-dealkylation sites (N-methyl/N-ethyl adjacent to an activating group) is 2. The lowest BCUT2D eigenvalue weighted by molar-refractivity contribution is -0.111. The molecule has 1 aliphatic carbocycles. The van der Waals surface area contributed by atoms with Crippen LogP contribution in [0.3, 0.4) is 0 Å². The number of benzene rings is 1. The van der Waals surface area contributed by atoms with Crippen molar-refractivity contribution in [3.05, 3.63) is 55.4 Å². The second kappa shape index (κ2) is 11.3. The molecule has 0 saturated carbocycles. The topological polar surface area (TPSA) is 89.6 Å². The Kier molecular flexibility index (Phi) is 7.90. The summed E-state index contributed by atoms with van der Waals surface area (Å²) in [6, 6.07) is 6.02. The van der Waals surface area contributed by atoms with E-state index in [1.165, 1.54) is 6.08 Å². The van der Waals surface area contributed by atoms with E-state index in [-0.39, 0.29) is 11.9 Å². The second-order valence-electron chi connectivity index (χ2n) is 9.22. The van der Waals surface area contributed by atoms with Crippen molar-refractivity contribution >= 4 is 40.0 Å². The number of rotatable bonds is 10. The fraction of sp³-hybridized carbons (Fsp3) is 0.370. The minimum absolute atomic E-state index is 0.136. The summed E-state index contributed by atoms with van der Waals surface area (Å²) >= 11 is 0. The number of fused-ring (bicyclic) bond motifs is 1. The predicted molar refractivity (Wildman–Crippen MR) is 146 cm³/mol. The molecule has 0 fully saturated rings. The number of hydrogen-bond acceptors (Lipinski definition) is 7. The lowest BCUT2D eigenvalue weighted by Crippen LogP contribution is -2.34. The average Bonchev–Trinajstić information content (AvgIpc) is 3.36. The second-order valence-corrected chi connectivity index (χ2v) is 9.22. The van der Waals surface area contributed by atoms with Gasteiger partial charge in [0.2, 0.25) is 11.9 Å². The molecule has 0 saturated heterocycles. The molecule has 2 heterocycles. The summed E-state index contributed by atoms with van der Waals surface area (Å²) in [7, 11) is 7.75. The van der Waals surface area contributed by atoms with Crippen LogP contribution >= 0.6 is 0 Å². The number of allylic oxidation sites excluding steroid dienone is 1. The summed E-state index contributed by atoms with van der Waals surface area (Å²) in [4.78, 5) is 31.5. The SMILES string of the molecule is C=CC(=O)Nc1cc(N(c2ncc3cc[nH]c3n2)C2CC=CCC2)c(OC)cc1N(C)CCN(C)C. The van der Waals surface area contributed by atoms with E-state index in [1.807, 2.05) is 51.7 Å². The van der Waals surface area contributed by atoms with Gasteiger partial charge in [0.25, 0.3) is 0 Å². The summed E-state index contributed by atoms with van der Waals surface area (Å²) in [6.07, 6.45) is 12.1. The maximum atomic E-state index is 12.4. The molecule has 2 N–H and O–H groups in total. The highest BCUT2D eigenvalue weighted by atomic mass is 16.5. The van der Waals surface area contributed by atoms with Crippen LogP contribution in [0.2, 0.25) is 0 Å². The van der Waals surface area contributed by atoms with E-state index in [4.69, 9.17) is 14.7 Å². The zero-order valence-electron chi connectivity index (χ0n) is 21.5. The number of aromatic amines is 1. The summed E-state index contributed by atoms with van der Waals surface area (Å²) in [5.41, 5.74) is 3.11. The van der Waals surface area contributed by atoms with Gasteiger partial charge in [-0.1, -0.05) is 18.7 Å². The van der Waals surface area contributed by atoms with Gasteiger partial charge in [0.05, 0.1) is 24.2 Å². The van der Waals surface area contributed by atoms with Gasteiger partial charge in [-0.2, -0.15) is 4.98 Å². The minimum Gasteiger partial charge on any atom is -0.494 e. The highest BCUT2D eigenvalue weighted by Crippen LogP contribution is 2.43. The van der Waals surface area contributed by atoms with Crippen LogP contribution in [0.1, 0.15) is 19.3 Å². The van der Waals surface area contributed by atoms with Gasteiger partial charge in [0.1, 0.15) is 11.4 Å². The number of nitrogens with one attached hydrogen (secondary N) is 2. The van der Waals surface area contributed by atoms with Crippen molar-refractivity contribution in [2.45, 2.75) is 25.3 Å². The monoisotopic (exact) mass is 489 g/mol. The number of carbonyl (C=O) groups excluding carboxylic acids is 1. The Morgan fingerprint density at radius 1 is 1.25 bits per heavy atom. The molecule has 1 amide bonds. The lowest BCUT2D eigenvalue weighted by Gasteiger charge is -2.35. The molecule has 0 aliphatic heterocycles. The molecule has 0 radical (unpaired) electrons. The van der Waals surface area contributed by atoms with E-state index in [9.17, 15) is 4.79 Å². The molecule has 2 aromatic heterocycles. The van der Waals surface area contributed by atoms with E-state index in [0.717, 1.165) is 54.8 Å². The molecular weight excluding hydrogens is 454 g/mol. The zero-order chi connectivity index (χ0) is 25.7. The smallest absolute Gasteiger partial charge is 0.247 e. The Balaban J connectivity index is 1.85. The fourth-order valence-corrected chi connectivity index (χ4v) is 4.41. The highest BCUT2D eigenvalue weighted by molar-refractivity contribution is 6.02. The lowest BCUT2D eigenvalue weighted by atomic mass is 9.99. The van der Waals surface area contributed by atoms with Crippen LogP contribution < -0.4 is 19.9 Å². The number of aromatic nitrogens is 3. The number of carbonyl (C=O) groups is 1. The summed E-state index contributed by atoms with van der Waals surface area (Å²) < 4.78 is 5.92. The van der Waals surface area contributed by atoms with Gasteiger partial charge < -0.3 is 29.7 Å². The zero-order valence-corrected chi connectivity index (χ0v) is 21.5. The van der Waals surface area contributed by atoms with Crippen LogP contribution in [0, 0.1) is 0 Å². The van der Waals surface area contributed by atoms with Crippen LogP contribution in [0.25, 0.3) is 11.0 Å². The minimum atomic E-state index is -0.274. The van der Waals surface area contributed by atoms with Crippen molar-refractivity contribution in [3.63, 3.8) is 0 Å². The molecule has 1 aromatic carbocycles. The maximum absolute atomic E-state index is 12.4. The van der Waals surface area contributed by atoms with Crippen LogP contribution in [0.4, 0.5) is 23.0 Å². The van der Waals surface area contributed by atoms with Crippen molar-refractivity contribution in [2.75, 3.05) is 56.5 Å². The molecule has 9 nitrogen and oxygen atoms in total. The first-order chi connectivity index (χ1) is 17.4. The van der Waals surface area contributed by atoms with Gasteiger partial charge in [0.15, 0.2) is 0 Å². The van der Waals surface area contributed by atoms with E-state index in [2.05, 4.69) is 43.7 Å². The van der Waals surface area contributed by atoms with Crippen LogP contribution in [-0.2, 0) is 4.79 Å². The standard InChI is InChI=1S/C27H35N7O2/c1-6-25(35)30-21-16-23(24(36-5)17-22(21)33(4)15-14-32(2)3)34(20-10-8-7-9-11-20)27-29-18-19-12-13-28-26(19)31-27/h6-8,12-13,16-18,20H,1,9-11,14-15H2,2-5H3,(H,30,35)(H,28,29,31). The van der Waals surface area contributed by atoms with E-state index < -0.39 is 0 Å². The van der Waals surface area contributed by atoms with Crippen molar-refractivity contribution in [1.29, 1.82) is 0 Å². The Labute approximate surface area is 212 Å². The molecule has 0 spiro atoms. The van der Waals surface area contributed by atoms with Gasteiger partial charge >= 0.3 is 0 Å². The average molecular weight is 490 g/mol. The molecule has 190 valence electrons. The molecule has 4 rings (SSSR count). The molecule has 3 aromatic rings. The summed E-state index contributed by atoms with van der Waals surface area (Å²) in [5, 5.41) is 3.95. The molecule has 1 aliphatic rings. The third-order valence-corrected chi connectivity index (χ3v) is 6.40. The number of H-pyrrole nitrogens is 1. The van der Waals surface area contributed by atoms with Crippen LogP contribution in [0.15, 0.2) is 55.4 Å². The Hall–Kier alpha value is -3.85. The Bertz CT molecular complexity index is 1250. The first-order valence-electron chi connectivity index (χ1n) is 12.2. The quantitative estimate of drug-likeness (QED) is 0.324. The summed E-state index contributed by atoms with van der Waals surface area (Å²) in [6.45, 7) is 5.26. The first-order valence-corrected chi connectivity index (χ1v) is 12.2. The fourth-order valence-electron chi connectivity index (χ4n) is 4.41. The largest absolute Gasteiger partial charge is 0.494 e. The predicted octanol–water partition coefficient (Wildman–Crippen LogP) is 4.34. The third-order valence-electron chi connectivity index (χ3n) is 6.40. The van der Waals surface area contributed by atoms with Crippen molar-refractivity contribution in [2.24, 2.45) is 0 Å². The first kappa shape index (κ1) is 25.2. The molecule has 1 atom stereocenters. The van der Waals surface area contributed by atoms with Gasteiger partial charge in [-0.3, -0.25) is 4.79 Å². The molecule has 1 unspecified atom stereocenters. The van der Waals surface area contributed by atoms with Gasteiger partial charge in [-0.05, 0) is 51.6 Å². The van der Waals surface area contributed by atoms with Crippen LogP contribution in [-0.4, -0.2) is 73.1 Å². The molecule has 9 heteroatoms. The van der Waals surface area contributed by atoms with Gasteiger partial charge in [-0.25, -0.2) is 4.98 Å². The summed E-state index contributed by atoms with van der Waals surface area (Å²) in [5.74, 6) is 0.992. The Morgan fingerprint density at radius 2 is 2.08 bits per heavy atom. The third kappa shape index (κ3) is 5.52.